The Hall–Kier alpha value is -2.97. The Morgan fingerprint density at radius 2 is 1.02 bits per heavy atom. The fourth-order valence-corrected chi connectivity index (χ4v) is 5.53. The second kappa shape index (κ2) is 35.1. The molecule has 0 fully saturated rings. The number of carboxylic acids is 1. The number of esters is 2. The minimum atomic E-state index is -1.13. The molecule has 8 nitrogen and oxygen atoms in total. The molecule has 0 aliphatic rings. The molecule has 0 aliphatic carbocycles. The zero-order valence-corrected chi connectivity index (χ0v) is 33.7. The van der Waals surface area contributed by atoms with E-state index in [0.29, 0.717) is 12.8 Å². The van der Waals surface area contributed by atoms with Gasteiger partial charge in [0.05, 0.1) is 40.3 Å². The van der Waals surface area contributed by atoms with Gasteiger partial charge in [0, 0.05) is 19.3 Å². The maximum absolute atomic E-state index is 12.7. The predicted molar refractivity (Wildman–Crippen MR) is 212 cm³/mol. The second-order valence-electron chi connectivity index (χ2n) is 14.5. The van der Waals surface area contributed by atoms with Crippen molar-refractivity contribution in [2.75, 3.05) is 41.0 Å². The number of unbranched alkanes of at least 4 members (excludes halogenated alkanes) is 11. The largest absolute Gasteiger partial charge is 0.544 e. The van der Waals surface area contributed by atoms with Crippen LogP contribution in [0.2, 0.25) is 0 Å². The summed E-state index contributed by atoms with van der Waals surface area (Å²) in [6, 6.07) is -0.732. The van der Waals surface area contributed by atoms with Gasteiger partial charge in [0.1, 0.15) is 12.6 Å². The van der Waals surface area contributed by atoms with Crippen molar-refractivity contribution in [1.82, 2.24) is 0 Å². The molecule has 0 aliphatic heterocycles. The molecule has 2 unspecified atom stereocenters. The molecule has 0 amide bonds. The Morgan fingerprint density at radius 3 is 1.50 bits per heavy atom. The highest BCUT2D eigenvalue weighted by atomic mass is 16.6. The third-order valence-corrected chi connectivity index (χ3v) is 8.65. The molecular weight excluding hydrogens is 654 g/mol. The summed E-state index contributed by atoms with van der Waals surface area (Å²) in [6.45, 7) is 4.39. The summed E-state index contributed by atoms with van der Waals surface area (Å²) in [5.41, 5.74) is 0. The van der Waals surface area contributed by atoms with E-state index in [1.54, 1.807) is 21.1 Å². The molecule has 8 heteroatoms. The van der Waals surface area contributed by atoms with Crippen molar-refractivity contribution in [1.29, 1.82) is 0 Å². The van der Waals surface area contributed by atoms with Crippen molar-refractivity contribution >= 4 is 17.9 Å². The summed E-state index contributed by atoms with van der Waals surface area (Å²) in [6.07, 6.45) is 41.0. The molecule has 0 aromatic carbocycles. The van der Waals surface area contributed by atoms with Crippen LogP contribution in [0.15, 0.2) is 60.8 Å². The minimum Gasteiger partial charge on any atom is -0.544 e. The van der Waals surface area contributed by atoms with Gasteiger partial charge in [-0.1, -0.05) is 120 Å². The van der Waals surface area contributed by atoms with Crippen LogP contribution in [0.25, 0.3) is 0 Å². The van der Waals surface area contributed by atoms with E-state index >= 15 is 0 Å². The van der Waals surface area contributed by atoms with Gasteiger partial charge in [0.25, 0.3) is 0 Å². The van der Waals surface area contributed by atoms with Crippen LogP contribution in [0.1, 0.15) is 149 Å². The fraction of sp³-hybridized carbons (Fsp3) is 0.705. The quantitative estimate of drug-likeness (QED) is 0.0277. The topological polar surface area (TPSA) is 102 Å². The summed E-state index contributed by atoms with van der Waals surface area (Å²) in [5, 5.41) is 11.6. The van der Waals surface area contributed by atoms with Crippen molar-refractivity contribution in [3.63, 3.8) is 0 Å². The van der Waals surface area contributed by atoms with E-state index < -0.39 is 18.1 Å². The molecule has 2 atom stereocenters. The zero-order chi connectivity index (χ0) is 38.5. The molecule has 0 heterocycles. The van der Waals surface area contributed by atoms with Gasteiger partial charge in [-0.25, -0.2) is 0 Å². The lowest BCUT2D eigenvalue weighted by atomic mass is 10.1. The van der Waals surface area contributed by atoms with E-state index in [1.807, 2.05) is 0 Å². The number of carbonyl (C=O) groups is 3. The third-order valence-electron chi connectivity index (χ3n) is 8.65. The number of hydrogen-bond donors (Lipinski definition) is 0. The Morgan fingerprint density at radius 1 is 0.577 bits per heavy atom. The van der Waals surface area contributed by atoms with Gasteiger partial charge < -0.3 is 28.6 Å². The molecule has 298 valence electrons. The molecule has 0 rings (SSSR count). The molecule has 0 aromatic heterocycles. The SMILES string of the molecule is CC/C=C/C/C=C/C/C=C/CCCCCCC(=O)OC(COCCC(C(=O)[O-])[N+](C)(C)C)COC(=O)CCCCCCCCC/C=C/C/C=C/CC. The van der Waals surface area contributed by atoms with Gasteiger partial charge in [0.2, 0.25) is 0 Å². The predicted octanol–water partition coefficient (Wildman–Crippen LogP) is 9.30. The number of carbonyl (C=O) groups excluding carboxylic acids is 3. The van der Waals surface area contributed by atoms with Gasteiger partial charge in [-0.15, -0.1) is 0 Å². The molecule has 0 radical (unpaired) electrons. The highest BCUT2D eigenvalue weighted by Gasteiger charge is 2.25. The van der Waals surface area contributed by atoms with Gasteiger partial charge in [-0.3, -0.25) is 9.59 Å². The Bertz CT molecular complexity index is 1040. The van der Waals surface area contributed by atoms with Crippen molar-refractivity contribution in [3.05, 3.63) is 60.8 Å². The number of ether oxygens (including phenoxy) is 3. The Labute approximate surface area is 318 Å². The van der Waals surface area contributed by atoms with Crippen LogP contribution in [-0.2, 0) is 28.6 Å². The van der Waals surface area contributed by atoms with Crippen LogP contribution in [0.3, 0.4) is 0 Å². The minimum absolute atomic E-state index is 0.0264. The highest BCUT2D eigenvalue weighted by Crippen LogP contribution is 2.13. The maximum atomic E-state index is 12.7. The monoisotopic (exact) mass is 730 g/mol. The van der Waals surface area contributed by atoms with Crippen LogP contribution in [0.4, 0.5) is 0 Å². The number of nitrogens with zero attached hydrogens (tertiary/aromatic N) is 1. The Kier molecular flexibility index (Phi) is 33.1. The molecule has 0 bridgehead atoms. The number of aliphatic carboxylic acids is 1. The van der Waals surface area contributed by atoms with E-state index in [9.17, 15) is 19.5 Å². The smallest absolute Gasteiger partial charge is 0.306 e. The van der Waals surface area contributed by atoms with Gasteiger partial charge in [-0.2, -0.15) is 0 Å². The lowest BCUT2D eigenvalue weighted by Gasteiger charge is -2.34. The van der Waals surface area contributed by atoms with Gasteiger partial charge in [0.15, 0.2) is 6.10 Å². The normalized spacial score (nSPS) is 13.6. The van der Waals surface area contributed by atoms with Crippen LogP contribution < -0.4 is 5.11 Å². The van der Waals surface area contributed by atoms with Gasteiger partial charge >= 0.3 is 11.9 Å². The van der Waals surface area contributed by atoms with Crippen molar-refractivity contribution < 1.29 is 38.2 Å². The van der Waals surface area contributed by atoms with Crippen molar-refractivity contribution in [2.45, 2.75) is 161 Å². The first kappa shape index (κ1) is 49.0. The summed E-state index contributed by atoms with van der Waals surface area (Å²) in [4.78, 5) is 36.7. The molecular formula is C44H75NO7. The zero-order valence-electron chi connectivity index (χ0n) is 33.7. The summed E-state index contributed by atoms with van der Waals surface area (Å²) < 4.78 is 17.1. The van der Waals surface area contributed by atoms with Crippen LogP contribution in [0, 0.1) is 0 Å². The lowest BCUT2D eigenvalue weighted by Crippen LogP contribution is -2.55. The number of likely N-dealkylation sites (N-methyl/N-ethyl adjacent to an activating group) is 1. The maximum Gasteiger partial charge on any atom is 0.306 e. The first-order valence-electron chi connectivity index (χ1n) is 20.3. The molecule has 0 saturated carbocycles. The van der Waals surface area contributed by atoms with E-state index in [4.69, 9.17) is 14.2 Å². The molecule has 0 spiro atoms. The standard InChI is InChI=1S/C44H75NO7/c1-6-8-10-12-14-16-18-20-22-24-26-28-30-32-34-42(46)51-39-40(38-50-37-36-41(44(48)49)45(3,4)5)52-43(47)35-33-31-29-27-25-23-21-19-17-15-13-11-9-7-2/h8-11,14-17,21,23,40-41H,6-7,12-13,18-20,22,24-39H2,1-5H3/b10-8+,11-9+,16-14+,17-15+,23-21+. The van der Waals surface area contributed by atoms with Crippen molar-refractivity contribution in [2.24, 2.45) is 0 Å². The Balaban J connectivity index is 4.44. The number of rotatable bonds is 35. The number of allylic oxidation sites excluding steroid dienone is 10. The average molecular weight is 730 g/mol. The number of carboxylic acid groups (broad SMARTS) is 1. The first-order valence-corrected chi connectivity index (χ1v) is 20.3. The first-order chi connectivity index (χ1) is 25.1. The molecule has 52 heavy (non-hydrogen) atoms. The van der Waals surface area contributed by atoms with E-state index in [2.05, 4.69) is 74.6 Å². The molecule has 0 N–H and O–H groups in total. The lowest BCUT2D eigenvalue weighted by molar-refractivity contribution is -0.889. The van der Waals surface area contributed by atoms with E-state index in [-0.39, 0.29) is 42.7 Å². The third kappa shape index (κ3) is 32.9. The summed E-state index contributed by atoms with van der Waals surface area (Å²) in [5.74, 6) is -1.78. The second-order valence-corrected chi connectivity index (χ2v) is 14.5. The number of quaternary nitrogens is 1. The molecule has 0 aromatic rings. The summed E-state index contributed by atoms with van der Waals surface area (Å²) in [7, 11) is 5.38. The number of hydrogen-bond acceptors (Lipinski definition) is 7. The van der Waals surface area contributed by atoms with Crippen LogP contribution in [-0.4, -0.2) is 75.5 Å². The van der Waals surface area contributed by atoms with Crippen LogP contribution in [0.5, 0.6) is 0 Å². The van der Waals surface area contributed by atoms with E-state index in [1.165, 1.54) is 25.7 Å². The van der Waals surface area contributed by atoms with Crippen LogP contribution >= 0.6 is 0 Å². The van der Waals surface area contributed by atoms with Gasteiger partial charge in [-0.05, 0) is 70.6 Å². The van der Waals surface area contributed by atoms with E-state index in [0.717, 1.165) is 89.9 Å². The fourth-order valence-electron chi connectivity index (χ4n) is 5.53. The highest BCUT2D eigenvalue weighted by molar-refractivity contribution is 5.70. The van der Waals surface area contributed by atoms with Crippen molar-refractivity contribution in [3.8, 4) is 0 Å². The average Bonchev–Trinajstić information content (AvgIpc) is 3.09. The molecule has 0 saturated heterocycles. The summed E-state index contributed by atoms with van der Waals surface area (Å²) >= 11 is 0.